The first-order valence-electron chi connectivity index (χ1n) is 4.88. The molecular weight excluding hydrogens is 214 g/mol. The summed E-state index contributed by atoms with van der Waals surface area (Å²) < 4.78 is 0. The highest BCUT2D eigenvalue weighted by molar-refractivity contribution is 6.32. The molecule has 0 amide bonds. The fraction of sp³-hybridized carbons (Fsp3) is 0.500. The highest BCUT2D eigenvalue weighted by Crippen LogP contribution is 2.17. The second kappa shape index (κ2) is 5.66. The molecule has 1 heterocycles. The minimum Gasteiger partial charge on any atom is -0.369 e. The highest BCUT2D eigenvalue weighted by atomic mass is 35.5. The Labute approximate surface area is 94.1 Å². The molecule has 5 heteroatoms. The highest BCUT2D eigenvalue weighted by Gasteiger charge is 2.09. The number of aldehydes is 1. The summed E-state index contributed by atoms with van der Waals surface area (Å²) in [4.78, 5) is 18.5. The topological polar surface area (TPSA) is 54.9 Å². The molecule has 82 valence electrons. The Morgan fingerprint density at radius 3 is 2.93 bits per heavy atom. The van der Waals surface area contributed by atoms with Gasteiger partial charge < -0.3 is 5.32 Å². The Bertz CT molecular complexity index is 343. The van der Waals surface area contributed by atoms with E-state index in [1.165, 1.54) is 6.33 Å². The van der Waals surface area contributed by atoms with Gasteiger partial charge in [0.05, 0.1) is 5.56 Å². The summed E-state index contributed by atoms with van der Waals surface area (Å²) in [6.07, 6.45) is 3.08. The average Bonchev–Trinajstić information content (AvgIpc) is 2.25. The molecule has 0 saturated heterocycles. The summed E-state index contributed by atoms with van der Waals surface area (Å²) in [7, 11) is 0. The van der Waals surface area contributed by atoms with Crippen molar-refractivity contribution in [2.75, 3.05) is 11.9 Å². The van der Waals surface area contributed by atoms with Crippen molar-refractivity contribution < 1.29 is 4.79 Å². The molecule has 0 fully saturated rings. The lowest BCUT2D eigenvalue weighted by Crippen LogP contribution is -2.13. The van der Waals surface area contributed by atoms with Crippen molar-refractivity contribution in [3.05, 3.63) is 17.0 Å². The maximum Gasteiger partial charge on any atom is 0.156 e. The molecule has 1 aromatic heterocycles. The van der Waals surface area contributed by atoms with Crippen molar-refractivity contribution in [2.24, 2.45) is 5.92 Å². The molecule has 0 aromatic carbocycles. The van der Waals surface area contributed by atoms with Crippen molar-refractivity contribution in [3.8, 4) is 0 Å². The largest absolute Gasteiger partial charge is 0.369 e. The van der Waals surface area contributed by atoms with E-state index in [0.717, 1.165) is 13.0 Å². The molecule has 15 heavy (non-hydrogen) atoms. The molecule has 0 bridgehead atoms. The molecule has 1 N–H and O–H groups in total. The van der Waals surface area contributed by atoms with Crippen LogP contribution >= 0.6 is 11.6 Å². The molecule has 1 aromatic rings. The molecule has 1 atom stereocenters. The summed E-state index contributed by atoms with van der Waals surface area (Å²) in [5.41, 5.74) is 0.322. The van der Waals surface area contributed by atoms with Crippen molar-refractivity contribution >= 4 is 23.7 Å². The number of hydrogen-bond acceptors (Lipinski definition) is 4. The van der Waals surface area contributed by atoms with Crippen LogP contribution in [0.3, 0.4) is 0 Å². The smallest absolute Gasteiger partial charge is 0.156 e. The van der Waals surface area contributed by atoms with E-state index in [4.69, 9.17) is 11.6 Å². The van der Waals surface area contributed by atoms with Crippen molar-refractivity contribution in [1.29, 1.82) is 0 Å². The minimum absolute atomic E-state index is 0.187. The minimum atomic E-state index is 0.187. The maximum absolute atomic E-state index is 10.8. The number of aromatic nitrogens is 2. The molecule has 0 radical (unpaired) electrons. The lowest BCUT2D eigenvalue weighted by atomic mass is 10.1. The standard InChI is InChI=1S/C10H14ClN3O/c1-3-7(2)4-12-10-8(5-15)9(11)13-6-14-10/h5-7H,3-4H2,1-2H3,(H,12,13,14). The van der Waals surface area contributed by atoms with Crippen LogP contribution in [0.4, 0.5) is 5.82 Å². The van der Waals surface area contributed by atoms with Crippen LogP contribution in [0.25, 0.3) is 0 Å². The lowest BCUT2D eigenvalue weighted by Gasteiger charge is -2.11. The Kier molecular flexibility index (Phi) is 4.49. The molecular formula is C10H14ClN3O. The van der Waals surface area contributed by atoms with E-state index in [2.05, 4.69) is 29.1 Å². The number of anilines is 1. The number of carbonyl (C=O) groups excluding carboxylic acids is 1. The number of nitrogens with one attached hydrogen (secondary N) is 1. The van der Waals surface area contributed by atoms with Crippen molar-refractivity contribution in [2.45, 2.75) is 20.3 Å². The van der Waals surface area contributed by atoms with Gasteiger partial charge in [-0.15, -0.1) is 0 Å². The van der Waals surface area contributed by atoms with E-state index in [9.17, 15) is 4.79 Å². The van der Waals surface area contributed by atoms with E-state index in [1.807, 2.05) is 0 Å². The van der Waals surface area contributed by atoms with Gasteiger partial charge in [-0.25, -0.2) is 9.97 Å². The number of carbonyl (C=O) groups is 1. The molecule has 0 aliphatic rings. The van der Waals surface area contributed by atoms with Crippen LogP contribution in [0.5, 0.6) is 0 Å². The van der Waals surface area contributed by atoms with Crippen LogP contribution in [-0.2, 0) is 0 Å². The summed E-state index contributed by atoms with van der Waals surface area (Å²) in [5.74, 6) is 1.03. The molecule has 0 spiro atoms. The summed E-state index contributed by atoms with van der Waals surface area (Å²) >= 11 is 5.76. The molecule has 0 saturated carbocycles. The van der Waals surface area contributed by atoms with Gasteiger partial charge in [0.25, 0.3) is 0 Å². The zero-order valence-electron chi connectivity index (χ0n) is 8.83. The monoisotopic (exact) mass is 227 g/mol. The first-order valence-corrected chi connectivity index (χ1v) is 5.26. The SMILES string of the molecule is CCC(C)CNc1ncnc(Cl)c1C=O. The van der Waals surface area contributed by atoms with Crippen LogP contribution < -0.4 is 5.32 Å². The Hall–Kier alpha value is -1.16. The Morgan fingerprint density at radius 1 is 1.60 bits per heavy atom. The average molecular weight is 228 g/mol. The van der Waals surface area contributed by atoms with Crippen LogP contribution in [0, 0.1) is 5.92 Å². The fourth-order valence-electron chi connectivity index (χ4n) is 1.03. The summed E-state index contributed by atoms with van der Waals surface area (Å²) in [5, 5.41) is 3.28. The lowest BCUT2D eigenvalue weighted by molar-refractivity contribution is 0.112. The zero-order chi connectivity index (χ0) is 11.3. The van der Waals surface area contributed by atoms with Gasteiger partial charge in [0.1, 0.15) is 17.3 Å². The van der Waals surface area contributed by atoms with Crippen molar-refractivity contribution in [1.82, 2.24) is 9.97 Å². The third-order valence-corrected chi connectivity index (χ3v) is 2.57. The van der Waals surface area contributed by atoms with Crippen LogP contribution in [-0.4, -0.2) is 22.8 Å². The zero-order valence-corrected chi connectivity index (χ0v) is 9.58. The molecule has 1 rings (SSSR count). The first-order chi connectivity index (χ1) is 7.19. The molecule has 4 nitrogen and oxygen atoms in total. The van der Waals surface area contributed by atoms with Gasteiger partial charge >= 0.3 is 0 Å². The predicted molar refractivity (Wildman–Crippen MR) is 60.4 cm³/mol. The van der Waals surface area contributed by atoms with Gasteiger partial charge in [-0.2, -0.15) is 0 Å². The number of hydrogen-bond donors (Lipinski definition) is 1. The Morgan fingerprint density at radius 2 is 2.33 bits per heavy atom. The van der Waals surface area contributed by atoms with Crippen molar-refractivity contribution in [3.63, 3.8) is 0 Å². The maximum atomic E-state index is 10.8. The van der Waals surface area contributed by atoms with Crippen LogP contribution in [0.15, 0.2) is 6.33 Å². The number of rotatable bonds is 5. The summed E-state index contributed by atoms with van der Waals surface area (Å²) in [6.45, 7) is 5.00. The van der Waals surface area contributed by atoms with Crippen LogP contribution in [0.2, 0.25) is 5.15 Å². The normalized spacial score (nSPS) is 12.2. The number of halogens is 1. The molecule has 1 unspecified atom stereocenters. The number of nitrogens with zero attached hydrogens (tertiary/aromatic N) is 2. The van der Waals surface area contributed by atoms with Gasteiger partial charge in [0.15, 0.2) is 6.29 Å². The quantitative estimate of drug-likeness (QED) is 0.620. The van der Waals surface area contributed by atoms with Gasteiger partial charge in [0.2, 0.25) is 0 Å². The molecule has 0 aliphatic carbocycles. The van der Waals surface area contributed by atoms with E-state index in [1.54, 1.807) is 0 Å². The van der Waals surface area contributed by atoms with E-state index in [0.29, 0.717) is 23.6 Å². The summed E-state index contributed by atoms with van der Waals surface area (Å²) in [6, 6.07) is 0. The Balaban J connectivity index is 2.76. The van der Waals surface area contributed by atoms with E-state index in [-0.39, 0.29) is 5.15 Å². The fourth-order valence-corrected chi connectivity index (χ4v) is 1.21. The van der Waals surface area contributed by atoms with E-state index >= 15 is 0 Å². The van der Waals surface area contributed by atoms with E-state index < -0.39 is 0 Å². The van der Waals surface area contributed by atoms with Gasteiger partial charge in [-0.05, 0) is 5.92 Å². The second-order valence-corrected chi connectivity index (χ2v) is 3.80. The van der Waals surface area contributed by atoms with Gasteiger partial charge in [-0.3, -0.25) is 4.79 Å². The second-order valence-electron chi connectivity index (χ2n) is 3.44. The first kappa shape index (κ1) is 11.9. The van der Waals surface area contributed by atoms with Gasteiger partial charge in [0, 0.05) is 6.54 Å². The van der Waals surface area contributed by atoms with Gasteiger partial charge in [-0.1, -0.05) is 31.9 Å². The third-order valence-electron chi connectivity index (χ3n) is 2.27. The predicted octanol–water partition coefficient (Wildman–Crippen LogP) is 2.40. The molecule has 0 aliphatic heterocycles. The third kappa shape index (κ3) is 3.16. The van der Waals surface area contributed by atoms with Crippen LogP contribution in [0.1, 0.15) is 30.6 Å².